The van der Waals surface area contributed by atoms with E-state index in [0.717, 1.165) is 11.3 Å². The first-order chi connectivity index (χ1) is 17.8. The third kappa shape index (κ3) is 7.92. The first-order valence-electron chi connectivity index (χ1n) is 11.6. The smallest absolute Gasteiger partial charge is 0.257 e. The number of rotatable bonds is 13. The number of hydrogen-bond donors (Lipinski definition) is 2. The van der Waals surface area contributed by atoms with Crippen LogP contribution >= 0.6 is 23.1 Å². The van der Waals surface area contributed by atoms with Crippen molar-refractivity contribution in [2.45, 2.75) is 32.0 Å². The van der Waals surface area contributed by atoms with Gasteiger partial charge in [0.15, 0.2) is 21.6 Å². The number of amides is 2. The molecule has 0 aliphatic heterocycles. The zero-order chi connectivity index (χ0) is 26.8. The van der Waals surface area contributed by atoms with Gasteiger partial charge in [0.2, 0.25) is 16.8 Å². The van der Waals surface area contributed by atoms with Gasteiger partial charge < -0.3 is 19.5 Å². The van der Waals surface area contributed by atoms with Crippen molar-refractivity contribution in [3.05, 3.63) is 47.5 Å². The van der Waals surface area contributed by atoms with Crippen LogP contribution in [0.5, 0.6) is 17.2 Å². The van der Waals surface area contributed by atoms with Crippen molar-refractivity contribution in [2.24, 2.45) is 0 Å². The van der Waals surface area contributed by atoms with Crippen molar-refractivity contribution in [3.8, 4) is 17.2 Å². The average Bonchev–Trinajstić information content (AvgIpc) is 3.32. The fourth-order valence-electron chi connectivity index (χ4n) is 3.12. The van der Waals surface area contributed by atoms with Gasteiger partial charge in [0, 0.05) is 16.8 Å². The number of thioether (sulfide) groups is 1. The fraction of sp³-hybridized carbons (Fsp3) is 0.320. The quantitative estimate of drug-likeness (QED) is 0.175. The summed E-state index contributed by atoms with van der Waals surface area (Å²) in [4.78, 5) is 36.6. The predicted molar refractivity (Wildman–Crippen MR) is 144 cm³/mol. The van der Waals surface area contributed by atoms with E-state index in [9.17, 15) is 14.4 Å². The van der Waals surface area contributed by atoms with Gasteiger partial charge in [-0.1, -0.05) is 23.1 Å². The molecule has 3 rings (SSSR count). The number of nitrogens with zero attached hydrogens (tertiary/aromatic N) is 2. The lowest BCUT2D eigenvalue weighted by molar-refractivity contribution is -0.113. The Morgan fingerprint density at radius 3 is 2.05 bits per heavy atom. The summed E-state index contributed by atoms with van der Waals surface area (Å²) >= 11 is 2.35. The number of Topliss-reactive ketones (excluding diaryl/α,β-unsaturated/α-hetero) is 1. The van der Waals surface area contributed by atoms with Gasteiger partial charge in [-0.2, -0.15) is 0 Å². The standard InChI is InChI=1S/C25H28N4O6S2/c1-5-33-19-12-17(13-20(34-6-2)22(19)35-7-3)23(32)27-24-28-29-25(37-24)36-14-21(31)26-18-10-8-16(9-11-18)15(4)30/h8-13H,5-7,14H2,1-4H3,(H,26,31)(H,27,28,32). The predicted octanol–water partition coefficient (Wildman–Crippen LogP) is 4.92. The van der Waals surface area contributed by atoms with Gasteiger partial charge >= 0.3 is 0 Å². The molecule has 3 aromatic rings. The molecule has 0 aliphatic rings. The number of benzene rings is 2. The van der Waals surface area contributed by atoms with E-state index in [1.54, 1.807) is 36.4 Å². The van der Waals surface area contributed by atoms with E-state index >= 15 is 0 Å². The van der Waals surface area contributed by atoms with Gasteiger partial charge in [-0.05, 0) is 64.1 Å². The van der Waals surface area contributed by atoms with Gasteiger partial charge in [0.25, 0.3) is 5.91 Å². The van der Waals surface area contributed by atoms with Crippen molar-refractivity contribution in [2.75, 3.05) is 36.2 Å². The molecule has 1 aromatic heterocycles. The largest absolute Gasteiger partial charge is 0.490 e. The Balaban J connectivity index is 1.61. The first-order valence-corrected chi connectivity index (χ1v) is 13.4. The third-order valence-corrected chi connectivity index (χ3v) is 6.67. The molecule has 1 heterocycles. The maximum Gasteiger partial charge on any atom is 0.257 e. The minimum atomic E-state index is -0.413. The highest BCUT2D eigenvalue weighted by Crippen LogP contribution is 2.39. The van der Waals surface area contributed by atoms with E-state index in [1.165, 1.54) is 18.7 Å². The van der Waals surface area contributed by atoms with Crippen LogP contribution in [0, 0.1) is 0 Å². The van der Waals surface area contributed by atoms with Crippen molar-refractivity contribution in [1.82, 2.24) is 10.2 Å². The second-order valence-corrected chi connectivity index (χ2v) is 9.60. The zero-order valence-corrected chi connectivity index (χ0v) is 22.6. The Labute approximate surface area is 223 Å². The number of aromatic nitrogens is 2. The number of anilines is 2. The molecular formula is C25H28N4O6S2. The summed E-state index contributed by atoms with van der Waals surface area (Å²) in [7, 11) is 0. The number of ketones is 1. The molecule has 12 heteroatoms. The van der Waals surface area contributed by atoms with Crippen LogP contribution in [-0.2, 0) is 4.79 Å². The Morgan fingerprint density at radius 2 is 1.49 bits per heavy atom. The molecule has 2 amide bonds. The lowest BCUT2D eigenvalue weighted by Crippen LogP contribution is -2.14. The summed E-state index contributed by atoms with van der Waals surface area (Å²) in [5.74, 6) is 0.689. The topological polar surface area (TPSA) is 129 Å². The Morgan fingerprint density at radius 1 is 0.865 bits per heavy atom. The molecule has 0 aliphatic carbocycles. The number of ether oxygens (including phenoxy) is 3. The Kier molecular flexibility index (Phi) is 10.3. The van der Waals surface area contributed by atoms with Crippen molar-refractivity contribution < 1.29 is 28.6 Å². The summed E-state index contributed by atoms with van der Waals surface area (Å²) in [6, 6.07) is 9.85. The maximum absolute atomic E-state index is 12.9. The van der Waals surface area contributed by atoms with Crippen LogP contribution in [0.3, 0.4) is 0 Å². The molecule has 0 unspecified atom stereocenters. The van der Waals surface area contributed by atoms with Crippen molar-refractivity contribution in [1.29, 1.82) is 0 Å². The second kappa shape index (κ2) is 13.6. The van der Waals surface area contributed by atoms with E-state index in [0.29, 0.717) is 58.2 Å². The highest BCUT2D eigenvalue weighted by Gasteiger charge is 2.19. The van der Waals surface area contributed by atoms with Crippen LogP contribution in [0.4, 0.5) is 10.8 Å². The van der Waals surface area contributed by atoms with Gasteiger partial charge in [0.1, 0.15) is 0 Å². The zero-order valence-electron chi connectivity index (χ0n) is 21.0. The second-order valence-electron chi connectivity index (χ2n) is 7.40. The molecular weight excluding hydrogens is 516 g/mol. The SMILES string of the molecule is CCOc1cc(C(=O)Nc2nnc(SCC(=O)Nc3ccc(C(C)=O)cc3)s2)cc(OCC)c1OCC. The number of carbonyl (C=O) groups excluding carboxylic acids is 3. The molecule has 0 spiro atoms. The molecule has 196 valence electrons. The highest BCUT2D eigenvalue weighted by atomic mass is 32.2. The van der Waals surface area contributed by atoms with Gasteiger partial charge in [-0.25, -0.2) is 0 Å². The van der Waals surface area contributed by atoms with Crippen molar-refractivity contribution >= 4 is 51.5 Å². The van der Waals surface area contributed by atoms with E-state index in [-0.39, 0.29) is 22.6 Å². The molecule has 0 saturated heterocycles. The maximum atomic E-state index is 12.9. The van der Waals surface area contributed by atoms with Gasteiger partial charge in [-0.15, -0.1) is 10.2 Å². The molecule has 37 heavy (non-hydrogen) atoms. The summed E-state index contributed by atoms with van der Waals surface area (Å²) in [5, 5.41) is 13.8. The molecule has 2 N–H and O–H groups in total. The molecule has 0 radical (unpaired) electrons. The third-order valence-electron chi connectivity index (χ3n) is 4.70. The van der Waals surface area contributed by atoms with Crippen LogP contribution in [-0.4, -0.2) is 53.4 Å². The molecule has 0 fully saturated rings. The van der Waals surface area contributed by atoms with E-state index < -0.39 is 5.91 Å². The minimum Gasteiger partial charge on any atom is -0.490 e. The molecule has 10 nitrogen and oxygen atoms in total. The van der Waals surface area contributed by atoms with Crippen LogP contribution in [0.15, 0.2) is 40.7 Å². The summed E-state index contributed by atoms with van der Waals surface area (Å²) < 4.78 is 17.5. The van der Waals surface area contributed by atoms with Crippen molar-refractivity contribution in [3.63, 3.8) is 0 Å². The van der Waals surface area contributed by atoms with Crippen LogP contribution in [0.25, 0.3) is 0 Å². The Hall–Kier alpha value is -3.64. The van der Waals surface area contributed by atoms with Gasteiger partial charge in [0.05, 0.1) is 25.6 Å². The molecule has 0 saturated carbocycles. The van der Waals surface area contributed by atoms with E-state index in [4.69, 9.17) is 14.2 Å². The lowest BCUT2D eigenvalue weighted by atomic mass is 10.1. The molecule has 0 bridgehead atoms. The summed E-state index contributed by atoms with van der Waals surface area (Å²) in [5.41, 5.74) is 1.48. The fourth-order valence-corrected chi connectivity index (χ4v) is 4.67. The summed E-state index contributed by atoms with van der Waals surface area (Å²) in [6.07, 6.45) is 0. The average molecular weight is 545 g/mol. The monoisotopic (exact) mass is 544 g/mol. The minimum absolute atomic E-state index is 0.0420. The molecule has 2 aromatic carbocycles. The number of carbonyl (C=O) groups is 3. The normalized spacial score (nSPS) is 10.5. The molecule has 0 atom stereocenters. The highest BCUT2D eigenvalue weighted by molar-refractivity contribution is 8.01. The first kappa shape index (κ1) is 27.9. The van der Waals surface area contributed by atoms with E-state index in [1.807, 2.05) is 20.8 Å². The number of hydrogen-bond acceptors (Lipinski definition) is 10. The van der Waals surface area contributed by atoms with Gasteiger partial charge in [-0.3, -0.25) is 19.7 Å². The van der Waals surface area contributed by atoms with Crippen LogP contribution < -0.4 is 24.8 Å². The lowest BCUT2D eigenvalue weighted by Gasteiger charge is -2.16. The van der Waals surface area contributed by atoms with Crippen LogP contribution in [0.1, 0.15) is 48.4 Å². The Bertz CT molecular complexity index is 1220. The summed E-state index contributed by atoms with van der Waals surface area (Å²) in [6.45, 7) is 8.23. The van der Waals surface area contributed by atoms with E-state index in [2.05, 4.69) is 20.8 Å². The van der Waals surface area contributed by atoms with Crippen LogP contribution in [0.2, 0.25) is 0 Å². The number of nitrogens with one attached hydrogen (secondary N) is 2.